The lowest BCUT2D eigenvalue weighted by Gasteiger charge is -1.92. The molecule has 0 radical (unpaired) electrons. The Morgan fingerprint density at radius 2 is 2.36 bits per heavy atom. The molecule has 0 spiro atoms. The summed E-state index contributed by atoms with van der Waals surface area (Å²) in [5.41, 5.74) is 1.74. The highest BCUT2D eigenvalue weighted by Gasteiger charge is 2.03. The summed E-state index contributed by atoms with van der Waals surface area (Å²) < 4.78 is 1.66. The van der Waals surface area contributed by atoms with Crippen LogP contribution in [0.4, 0.5) is 0 Å². The van der Waals surface area contributed by atoms with E-state index in [2.05, 4.69) is 10.3 Å². The molecule has 0 bridgehead atoms. The van der Waals surface area contributed by atoms with Crippen LogP contribution in [0.15, 0.2) is 18.3 Å². The van der Waals surface area contributed by atoms with Gasteiger partial charge in [-0.25, -0.2) is 4.52 Å². The molecule has 0 atom stereocenters. The van der Waals surface area contributed by atoms with E-state index in [0.29, 0.717) is 5.02 Å². The topological polar surface area (TPSA) is 30.2 Å². The van der Waals surface area contributed by atoms with Gasteiger partial charge in [0.1, 0.15) is 5.52 Å². The van der Waals surface area contributed by atoms with Crippen molar-refractivity contribution < 1.29 is 0 Å². The Bertz CT molecular complexity index is 393. The van der Waals surface area contributed by atoms with E-state index >= 15 is 0 Å². The minimum Gasteiger partial charge on any atom is -0.219 e. The Hall–Kier alpha value is -1.09. The lowest BCUT2D eigenvalue weighted by atomic mass is 10.3. The molecule has 0 aliphatic heterocycles. The maximum atomic E-state index is 5.90. The summed E-state index contributed by atoms with van der Waals surface area (Å²) in [4.78, 5) is 0. The van der Waals surface area contributed by atoms with Crippen LogP contribution >= 0.6 is 11.6 Å². The van der Waals surface area contributed by atoms with E-state index in [0.717, 1.165) is 11.2 Å². The average molecular weight is 168 g/mol. The summed E-state index contributed by atoms with van der Waals surface area (Å²) in [5, 5.41) is 8.44. The van der Waals surface area contributed by atoms with Gasteiger partial charge in [-0.15, -0.1) is 5.10 Å². The van der Waals surface area contributed by atoms with Crippen molar-refractivity contribution in [1.82, 2.24) is 14.8 Å². The van der Waals surface area contributed by atoms with Gasteiger partial charge >= 0.3 is 0 Å². The van der Waals surface area contributed by atoms with E-state index in [1.54, 1.807) is 4.52 Å². The van der Waals surface area contributed by atoms with Gasteiger partial charge in [0.15, 0.2) is 0 Å². The molecular weight excluding hydrogens is 162 g/mol. The second kappa shape index (κ2) is 2.20. The van der Waals surface area contributed by atoms with Crippen molar-refractivity contribution in [1.29, 1.82) is 0 Å². The maximum Gasteiger partial charge on any atom is 0.108 e. The summed E-state index contributed by atoms with van der Waals surface area (Å²) in [5.74, 6) is 0. The molecular formula is C7H6ClN3. The average Bonchev–Trinajstić information content (AvgIpc) is 2.34. The van der Waals surface area contributed by atoms with Crippen molar-refractivity contribution in [2.24, 2.45) is 0 Å². The van der Waals surface area contributed by atoms with E-state index in [1.807, 2.05) is 25.3 Å². The van der Waals surface area contributed by atoms with Crippen molar-refractivity contribution >= 4 is 17.1 Å². The van der Waals surface area contributed by atoms with Gasteiger partial charge < -0.3 is 0 Å². The highest BCUT2D eigenvalue weighted by Crippen LogP contribution is 2.17. The number of rotatable bonds is 0. The third-order valence-electron chi connectivity index (χ3n) is 1.56. The van der Waals surface area contributed by atoms with Crippen LogP contribution in [0.2, 0.25) is 5.02 Å². The number of pyridine rings is 1. The summed E-state index contributed by atoms with van der Waals surface area (Å²) in [6.45, 7) is 1.88. The summed E-state index contributed by atoms with van der Waals surface area (Å²) in [6.07, 6.45) is 1.82. The third kappa shape index (κ3) is 0.886. The number of hydrogen-bond donors (Lipinski definition) is 0. The Morgan fingerprint density at radius 1 is 1.55 bits per heavy atom. The van der Waals surface area contributed by atoms with Crippen LogP contribution in [0.5, 0.6) is 0 Å². The van der Waals surface area contributed by atoms with Crippen molar-refractivity contribution in [3.8, 4) is 0 Å². The van der Waals surface area contributed by atoms with Crippen LogP contribution < -0.4 is 0 Å². The molecule has 4 heteroatoms. The molecule has 0 unspecified atom stereocenters. The number of hydrogen-bond acceptors (Lipinski definition) is 2. The van der Waals surface area contributed by atoms with Crippen LogP contribution in [0.1, 0.15) is 5.69 Å². The SMILES string of the molecule is Cc1nnn2cccc(Cl)c12. The zero-order chi connectivity index (χ0) is 7.84. The number of aryl methyl sites for hydroxylation is 1. The molecule has 0 saturated heterocycles. The van der Waals surface area contributed by atoms with Gasteiger partial charge in [-0.05, 0) is 19.1 Å². The number of halogens is 1. The van der Waals surface area contributed by atoms with Crippen LogP contribution in [-0.2, 0) is 0 Å². The molecule has 0 amide bonds. The molecule has 0 N–H and O–H groups in total. The summed E-state index contributed by atoms with van der Waals surface area (Å²) in [6, 6.07) is 3.66. The van der Waals surface area contributed by atoms with E-state index < -0.39 is 0 Å². The van der Waals surface area contributed by atoms with E-state index in [-0.39, 0.29) is 0 Å². The standard InChI is InChI=1S/C7H6ClN3/c1-5-7-6(8)3-2-4-11(7)10-9-5/h2-4H,1H3. The van der Waals surface area contributed by atoms with Crippen LogP contribution in [-0.4, -0.2) is 14.8 Å². The van der Waals surface area contributed by atoms with Gasteiger partial charge in [0.2, 0.25) is 0 Å². The Balaban J connectivity index is 2.96. The van der Waals surface area contributed by atoms with Gasteiger partial charge in [0.05, 0.1) is 10.7 Å². The summed E-state index contributed by atoms with van der Waals surface area (Å²) >= 11 is 5.90. The minimum absolute atomic E-state index is 0.690. The minimum atomic E-state index is 0.690. The molecule has 0 fully saturated rings. The molecule has 0 aromatic carbocycles. The van der Waals surface area contributed by atoms with E-state index in [4.69, 9.17) is 11.6 Å². The highest BCUT2D eigenvalue weighted by molar-refractivity contribution is 6.33. The van der Waals surface area contributed by atoms with Gasteiger partial charge in [-0.3, -0.25) is 0 Å². The van der Waals surface area contributed by atoms with Crippen molar-refractivity contribution in [3.63, 3.8) is 0 Å². The van der Waals surface area contributed by atoms with Gasteiger partial charge in [-0.2, -0.15) is 0 Å². The zero-order valence-electron chi connectivity index (χ0n) is 5.95. The fraction of sp³-hybridized carbons (Fsp3) is 0.143. The highest BCUT2D eigenvalue weighted by atomic mass is 35.5. The number of nitrogens with zero attached hydrogens (tertiary/aromatic N) is 3. The quantitative estimate of drug-likeness (QED) is 0.598. The van der Waals surface area contributed by atoms with Crippen LogP contribution in [0.3, 0.4) is 0 Å². The maximum absolute atomic E-state index is 5.90. The van der Waals surface area contributed by atoms with E-state index in [9.17, 15) is 0 Å². The predicted octanol–water partition coefficient (Wildman–Crippen LogP) is 1.69. The van der Waals surface area contributed by atoms with E-state index in [1.165, 1.54) is 0 Å². The molecule has 2 aromatic heterocycles. The molecule has 56 valence electrons. The Labute approximate surface area is 68.6 Å². The largest absolute Gasteiger partial charge is 0.219 e. The lowest BCUT2D eigenvalue weighted by Crippen LogP contribution is -1.85. The van der Waals surface area contributed by atoms with Crippen molar-refractivity contribution in [2.45, 2.75) is 6.92 Å². The Kier molecular flexibility index (Phi) is 1.32. The second-order valence-electron chi connectivity index (χ2n) is 2.32. The first-order chi connectivity index (χ1) is 5.29. The van der Waals surface area contributed by atoms with Gasteiger partial charge in [0.25, 0.3) is 0 Å². The molecule has 0 aliphatic carbocycles. The Morgan fingerprint density at radius 3 is 3.09 bits per heavy atom. The third-order valence-corrected chi connectivity index (χ3v) is 1.86. The zero-order valence-corrected chi connectivity index (χ0v) is 6.71. The fourth-order valence-corrected chi connectivity index (χ4v) is 1.34. The monoisotopic (exact) mass is 167 g/mol. The van der Waals surface area contributed by atoms with Gasteiger partial charge in [0, 0.05) is 6.20 Å². The molecule has 11 heavy (non-hydrogen) atoms. The molecule has 2 rings (SSSR count). The first-order valence-corrected chi connectivity index (χ1v) is 3.63. The predicted molar refractivity (Wildman–Crippen MR) is 42.7 cm³/mol. The first-order valence-electron chi connectivity index (χ1n) is 3.25. The molecule has 0 aliphatic rings. The second-order valence-corrected chi connectivity index (χ2v) is 2.73. The molecule has 2 aromatic rings. The van der Waals surface area contributed by atoms with Crippen LogP contribution in [0.25, 0.3) is 5.52 Å². The lowest BCUT2D eigenvalue weighted by molar-refractivity contribution is 0.849. The number of fused-ring (bicyclic) bond motifs is 1. The van der Waals surface area contributed by atoms with Crippen molar-refractivity contribution in [2.75, 3.05) is 0 Å². The molecule has 0 saturated carbocycles. The van der Waals surface area contributed by atoms with Crippen LogP contribution in [0, 0.1) is 6.92 Å². The fourth-order valence-electron chi connectivity index (χ4n) is 1.05. The van der Waals surface area contributed by atoms with Gasteiger partial charge in [-0.1, -0.05) is 16.8 Å². The van der Waals surface area contributed by atoms with Crippen molar-refractivity contribution in [3.05, 3.63) is 29.0 Å². The molecule has 2 heterocycles. The first kappa shape index (κ1) is 6.61. The smallest absolute Gasteiger partial charge is 0.108 e. The summed E-state index contributed by atoms with van der Waals surface area (Å²) in [7, 11) is 0. The molecule has 3 nitrogen and oxygen atoms in total. The normalized spacial score (nSPS) is 10.7. The number of aromatic nitrogens is 3.